The van der Waals surface area contributed by atoms with E-state index in [4.69, 9.17) is 0 Å². The molecule has 1 aliphatic rings. The molecule has 2 N–H and O–H groups in total. The van der Waals surface area contributed by atoms with Crippen molar-refractivity contribution in [2.24, 2.45) is 11.8 Å². The summed E-state index contributed by atoms with van der Waals surface area (Å²) in [5.41, 5.74) is 0. The number of alkyl halides is 3. The first-order valence-corrected chi connectivity index (χ1v) is 6.75. The second-order valence-electron chi connectivity index (χ2n) is 5.59. The predicted molar refractivity (Wildman–Crippen MR) is 69.5 cm³/mol. The summed E-state index contributed by atoms with van der Waals surface area (Å²) < 4.78 is 37.1. The fourth-order valence-electron chi connectivity index (χ4n) is 2.22. The highest BCUT2D eigenvalue weighted by Gasteiger charge is 2.37. The number of halogens is 3. The zero-order chi connectivity index (χ0) is 16.5. The maximum absolute atomic E-state index is 12.4. The number of H-pyrrole nitrogens is 1. The van der Waals surface area contributed by atoms with Gasteiger partial charge in [0.05, 0.1) is 5.92 Å². The lowest BCUT2D eigenvalue weighted by Gasteiger charge is -2.18. The van der Waals surface area contributed by atoms with Crippen LogP contribution in [0.4, 0.5) is 19.1 Å². The summed E-state index contributed by atoms with van der Waals surface area (Å²) in [4.78, 5) is 28.5. The molecule has 1 aliphatic heterocycles. The molecular weight excluding hydrogens is 303 g/mol. The number of likely N-dealkylation sites (tertiary alicyclic amines) is 1. The van der Waals surface area contributed by atoms with E-state index in [9.17, 15) is 22.8 Å². The Morgan fingerprint density at radius 2 is 2.18 bits per heavy atom. The zero-order valence-corrected chi connectivity index (χ0v) is 12.1. The molecule has 10 heteroatoms. The molecule has 0 aliphatic carbocycles. The molecule has 2 heterocycles. The van der Waals surface area contributed by atoms with Crippen molar-refractivity contribution in [3.05, 3.63) is 5.82 Å². The van der Waals surface area contributed by atoms with Gasteiger partial charge in [0, 0.05) is 19.5 Å². The van der Waals surface area contributed by atoms with Crippen LogP contribution in [-0.4, -0.2) is 45.0 Å². The van der Waals surface area contributed by atoms with Crippen LogP contribution in [0.1, 0.15) is 26.1 Å². The number of aromatic nitrogens is 3. The van der Waals surface area contributed by atoms with Gasteiger partial charge in [-0.05, 0) is 5.92 Å². The second-order valence-corrected chi connectivity index (χ2v) is 5.59. The Morgan fingerprint density at radius 1 is 1.50 bits per heavy atom. The van der Waals surface area contributed by atoms with Crippen molar-refractivity contribution in [2.75, 3.05) is 18.4 Å². The number of anilines is 1. The quantitative estimate of drug-likeness (QED) is 0.874. The highest BCUT2D eigenvalue weighted by Crippen LogP contribution is 2.26. The van der Waals surface area contributed by atoms with Crippen molar-refractivity contribution >= 4 is 17.8 Å². The van der Waals surface area contributed by atoms with E-state index in [1.54, 1.807) is 10.00 Å². The number of aromatic amines is 1. The van der Waals surface area contributed by atoms with Gasteiger partial charge < -0.3 is 4.90 Å². The van der Waals surface area contributed by atoms with Crippen LogP contribution in [0.5, 0.6) is 0 Å². The van der Waals surface area contributed by atoms with Gasteiger partial charge >= 0.3 is 6.18 Å². The molecular formula is C12H16F3N5O2. The maximum atomic E-state index is 12.4. The minimum atomic E-state index is -4.66. The van der Waals surface area contributed by atoms with E-state index in [1.165, 1.54) is 0 Å². The maximum Gasteiger partial charge on any atom is 0.451 e. The third-order valence-corrected chi connectivity index (χ3v) is 3.16. The van der Waals surface area contributed by atoms with Crippen LogP contribution in [0.25, 0.3) is 0 Å². The van der Waals surface area contributed by atoms with Crippen molar-refractivity contribution in [2.45, 2.75) is 26.4 Å². The van der Waals surface area contributed by atoms with Gasteiger partial charge in [0.15, 0.2) is 0 Å². The highest BCUT2D eigenvalue weighted by molar-refractivity contribution is 5.96. The minimum Gasteiger partial charge on any atom is -0.342 e. The molecule has 0 spiro atoms. The van der Waals surface area contributed by atoms with E-state index in [-0.39, 0.29) is 24.8 Å². The van der Waals surface area contributed by atoms with Gasteiger partial charge in [0.2, 0.25) is 23.6 Å². The van der Waals surface area contributed by atoms with E-state index in [0.29, 0.717) is 6.54 Å². The number of rotatable bonds is 4. The number of carbonyl (C=O) groups excluding carboxylic acids is 2. The average molecular weight is 319 g/mol. The third-order valence-electron chi connectivity index (χ3n) is 3.16. The van der Waals surface area contributed by atoms with E-state index >= 15 is 0 Å². The molecule has 0 unspecified atom stereocenters. The first kappa shape index (κ1) is 16.2. The molecule has 1 aromatic heterocycles. The molecule has 22 heavy (non-hydrogen) atoms. The van der Waals surface area contributed by atoms with Crippen LogP contribution in [0, 0.1) is 11.8 Å². The van der Waals surface area contributed by atoms with Gasteiger partial charge in [0.1, 0.15) is 0 Å². The number of hydrogen-bond acceptors (Lipinski definition) is 4. The number of nitrogens with one attached hydrogen (secondary N) is 2. The fraction of sp³-hybridized carbons (Fsp3) is 0.667. The molecule has 0 aromatic carbocycles. The van der Waals surface area contributed by atoms with E-state index in [2.05, 4.69) is 15.4 Å². The molecule has 2 rings (SSSR count). The smallest absolute Gasteiger partial charge is 0.342 e. The number of amides is 2. The molecule has 2 amide bonds. The van der Waals surface area contributed by atoms with Gasteiger partial charge in [-0.3, -0.25) is 20.0 Å². The summed E-state index contributed by atoms with van der Waals surface area (Å²) in [5.74, 6) is -2.78. The molecule has 0 bridgehead atoms. The number of hydrogen-bond donors (Lipinski definition) is 2. The normalized spacial score (nSPS) is 19.1. The Bertz CT molecular complexity index is 569. The molecule has 0 saturated carbocycles. The molecule has 1 atom stereocenters. The lowest BCUT2D eigenvalue weighted by molar-refractivity contribution is -0.144. The SMILES string of the molecule is CC(C)CN1C[C@@H](C(=O)Nc2n[nH]c(C(F)(F)F)n2)CC1=O. The van der Waals surface area contributed by atoms with Crippen molar-refractivity contribution in [3.8, 4) is 0 Å². The first-order valence-electron chi connectivity index (χ1n) is 6.75. The molecule has 1 aromatic rings. The first-order chi connectivity index (χ1) is 10.2. The summed E-state index contributed by atoms with van der Waals surface area (Å²) in [7, 11) is 0. The Morgan fingerprint density at radius 3 is 2.73 bits per heavy atom. The Kier molecular flexibility index (Phi) is 4.38. The predicted octanol–water partition coefficient (Wildman–Crippen LogP) is 1.27. The van der Waals surface area contributed by atoms with Crippen molar-refractivity contribution < 1.29 is 22.8 Å². The van der Waals surface area contributed by atoms with E-state index < -0.39 is 29.8 Å². The van der Waals surface area contributed by atoms with Gasteiger partial charge in [-0.1, -0.05) is 13.8 Å². The van der Waals surface area contributed by atoms with Crippen molar-refractivity contribution in [1.29, 1.82) is 0 Å². The van der Waals surface area contributed by atoms with Crippen LogP contribution in [0.15, 0.2) is 0 Å². The molecule has 1 saturated heterocycles. The largest absolute Gasteiger partial charge is 0.451 e. The van der Waals surface area contributed by atoms with Gasteiger partial charge in [-0.2, -0.15) is 18.2 Å². The monoisotopic (exact) mass is 319 g/mol. The highest BCUT2D eigenvalue weighted by atomic mass is 19.4. The summed E-state index contributed by atoms with van der Waals surface area (Å²) in [6.07, 6.45) is -4.62. The van der Waals surface area contributed by atoms with Gasteiger partial charge in [-0.15, -0.1) is 5.10 Å². The average Bonchev–Trinajstić information content (AvgIpc) is 2.96. The van der Waals surface area contributed by atoms with E-state index in [0.717, 1.165) is 0 Å². The van der Waals surface area contributed by atoms with Crippen LogP contribution >= 0.6 is 0 Å². The fourth-order valence-corrected chi connectivity index (χ4v) is 2.22. The second kappa shape index (κ2) is 5.93. The summed E-state index contributed by atoms with van der Waals surface area (Å²) in [6, 6.07) is 0. The molecule has 0 radical (unpaired) electrons. The van der Waals surface area contributed by atoms with Crippen LogP contribution in [0.3, 0.4) is 0 Å². The van der Waals surface area contributed by atoms with Crippen LogP contribution < -0.4 is 5.32 Å². The summed E-state index contributed by atoms with van der Waals surface area (Å²) in [6.45, 7) is 4.70. The summed E-state index contributed by atoms with van der Waals surface area (Å²) in [5, 5.41) is 7.20. The van der Waals surface area contributed by atoms with Crippen molar-refractivity contribution in [1.82, 2.24) is 20.1 Å². The summed E-state index contributed by atoms with van der Waals surface area (Å²) >= 11 is 0. The topological polar surface area (TPSA) is 91.0 Å². The van der Waals surface area contributed by atoms with Gasteiger partial charge in [0.25, 0.3) is 0 Å². The Balaban J connectivity index is 1.96. The van der Waals surface area contributed by atoms with Crippen LogP contribution in [-0.2, 0) is 15.8 Å². The molecule has 1 fully saturated rings. The third kappa shape index (κ3) is 3.74. The van der Waals surface area contributed by atoms with Crippen LogP contribution in [0.2, 0.25) is 0 Å². The van der Waals surface area contributed by atoms with Gasteiger partial charge in [-0.25, -0.2) is 0 Å². The Hall–Kier alpha value is -2.13. The van der Waals surface area contributed by atoms with Crippen molar-refractivity contribution in [3.63, 3.8) is 0 Å². The minimum absolute atomic E-state index is 0.0368. The standard InChI is InChI=1S/C12H16F3N5O2/c1-6(2)4-20-5-7(3-8(20)21)9(22)16-11-17-10(18-19-11)12(13,14)15/h6-7H,3-5H2,1-2H3,(H2,16,17,18,19,22)/t7-/m0/s1. The van der Waals surface area contributed by atoms with E-state index in [1.807, 2.05) is 13.8 Å². The molecule has 7 nitrogen and oxygen atoms in total. The lowest BCUT2D eigenvalue weighted by Crippen LogP contribution is -2.31. The zero-order valence-electron chi connectivity index (χ0n) is 12.1. The number of carbonyl (C=O) groups is 2. The Labute approximate surface area is 124 Å². The molecule has 122 valence electrons. The number of nitrogens with zero attached hydrogens (tertiary/aromatic N) is 3. The lowest BCUT2D eigenvalue weighted by atomic mass is 10.1.